The van der Waals surface area contributed by atoms with E-state index in [1.165, 1.54) is 0 Å². The number of hydrogen-bond acceptors (Lipinski definition) is 3. The van der Waals surface area contributed by atoms with Gasteiger partial charge in [-0.05, 0) is 29.6 Å². The molecule has 8 unspecified atom stereocenters. The molecule has 0 aromatic rings. The molecule has 0 aromatic heterocycles. The van der Waals surface area contributed by atoms with Crippen LogP contribution in [0.1, 0.15) is 0 Å². The lowest BCUT2D eigenvalue weighted by atomic mass is 9.14. The largest absolute Gasteiger partial charge is 0.481 e. The summed E-state index contributed by atoms with van der Waals surface area (Å²) in [5.74, 6) is 1.71. The highest BCUT2D eigenvalue weighted by Gasteiger charge is 3.11. The minimum Gasteiger partial charge on any atom is -0.481 e. The second kappa shape index (κ2) is 1.91. The Morgan fingerprint density at radius 1 is 1.12 bits per heavy atom. The Hall–Kier alpha value is -0.130. The highest BCUT2D eigenvalue weighted by atomic mass is 79.9. The quantitative estimate of drug-likeness (QED) is 0.724. The topological polar surface area (TPSA) is 55.8 Å². The normalized spacial score (nSPS) is 73.5. The lowest BCUT2D eigenvalue weighted by molar-refractivity contribution is -0.410. The van der Waals surface area contributed by atoms with Crippen molar-refractivity contribution in [2.24, 2.45) is 40.9 Å². The third-order valence-corrected chi connectivity index (χ3v) is 8.74. The second-order valence-electron chi connectivity index (χ2n) is 6.51. The van der Waals surface area contributed by atoms with Gasteiger partial charge in [-0.15, -0.1) is 0 Å². The van der Waals surface area contributed by atoms with E-state index in [1.54, 1.807) is 0 Å². The zero-order valence-electron chi connectivity index (χ0n) is 8.93. The van der Waals surface area contributed by atoms with Gasteiger partial charge in [-0.25, -0.2) is 0 Å². The number of carbonyl (C=O) groups is 1. The van der Waals surface area contributed by atoms with Crippen molar-refractivity contribution in [2.75, 3.05) is 13.2 Å². The first-order chi connectivity index (χ1) is 8.14. The van der Waals surface area contributed by atoms with Crippen molar-refractivity contribution >= 4 is 21.9 Å². The smallest absolute Gasteiger partial charge is 0.311 e. The van der Waals surface area contributed by atoms with E-state index in [-0.39, 0.29) is 0 Å². The molecule has 1 aliphatic heterocycles. The van der Waals surface area contributed by atoms with E-state index in [2.05, 4.69) is 15.9 Å². The van der Waals surface area contributed by atoms with Crippen molar-refractivity contribution in [3.05, 3.63) is 0 Å². The molecule has 7 aliphatic rings. The van der Waals surface area contributed by atoms with Crippen LogP contribution < -0.4 is 0 Å². The summed E-state index contributed by atoms with van der Waals surface area (Å²) in [6.07, 6.45) is 0. The van der Waals surface area contributed by atoms with Crippen LogP contribution in [-0.4, -0.2) is 34.4 Å². The van der Waals surface area contributed by atoms with Crippen molar-refractivity contribution in [2.45, 2.75) is 10.1 Å². The molecule has 1 heterocycles. The van der Waals surface area contributed by atoms with Gasteiger partial charge in [-0.2, -0.15) is 0 Å². The lowest BCUT2D eigenvalue weighted by Crippen LogP contribution is -2.94. The van der Waals surface area contributed by atoms with Crippen LogP contribution in [0.15, 0.2) is 0 Å². The molecule has 5 heteroatoms. The van der Waals surface area contributed by atoms with Gasteiger partial charge in [-0.1, -0.05) is 15.9 Å². The van der Waals surface area contributed by atoms with Crippen molar-refractivity contribution in [3.63, 3.8) is 0 Å². The Morgan fingerprint density at radius 3 is 2.29 bits per heavy atom. The Balaban J connectivity index is 1.66. The summed E-state index contributed by atoms with van der Waals surface area (Å²) in [5.41, 5.74) is -0.563. The first kappa shape index (κ1) is 8.88. The molecule has 0 amide bonds. The molecular weight excluding hydrogens is 288 g/mol. The van der Waals surface area contributed by atoms with Gasteiger partial charge in [0.15, 0.2) is 5.79 Å². The van der Waals surface area contributed by atoms with Crippen LogP contribution in [0.25, 0.3) is 0 Å². The zero-order valence-corrected chi connectivity index (χ0v) is 10.5. The third-order valence-electron chi connectivity index (χ3n) is 7.01. The van der Waals surface area contributed by atoms with Gasteiger partial charge in [0.25, 0.3) is 0 Å². The zero-order chi connectivity index (χ0) is 11.4. The van der Waals surface area contributed by atoms with Crippen molar-refractivity contribution in [3.8, 4) is 0 Å². The average Bonchev–Trinajstić information content (AvgIpc) is 2.76. The number of halogens is 1. The molecule has 6 aliphatic carbocycles. The number of aliphatic carboxylic acids is 1. The molecule has 17 heavy (non-hydrogen) atoms. The van der Waals surface area contributed by atoms with Crippen molar-refractivity contribution in [1.82, 2.24) is 0 Å². The van der Waals surface area contributed by atoms with Gasteiger partial charge in [-0.3, -0.25) is 4.79 Å². The van der Waals surface area contributed by atoms with E-state index in [0.717, 1.165) is 0 Å². The minimum atomic E-state index is -0.629. The standard InChI is InChI=1S/C12H11BrO4/c13-11-7-4-3-5(7)10(11,9(14)15)6(3)8(4)12(11)16-1-2-17-12/h3-8H,1-2H2,(H,14,15). The van der Waals surface area contributed by atoms with E-state index in [1.807, 2.05) is 0 Å². The predicted molar refractivity (Wildman–Crippen MR) is 57.3 cm³/mol. The van der Waals surface area contributed by atoms with E-state index in [9.17, 15) is 9.90 Å². The predicted octanol–water partition coefficient (Wildman–Crippen LogP) is 0.699. The molecule has 1 spiro atoms. The summed E-state index contributed by atoms with van der Waals surface area (Å²) in [6.45, 7) is 1.22. The van der Waals surface area contributed by atoms with Crippen LogP contribution in [0.2, 0.25) is 0 Å². The van der Waals surface area contributed by atoms with Gasteiger partial charge >= 0.3 is 5.97 Å². The van der Waals surface area contributed by atoms with Crippen LogP contribution in [0, 0.1) is 40.9 Å². The summed E-state index contributed by atoms with van der Waals surface area (Å²) in [4.78, 5) is 11.8. The molecule has 7 fully saturated rings. The first-order valence-electron chi connectivity index (χ1n) is 6.34. The van der Waals surface area contributed by atoms with E-state index >= 15 is 0 Å². The minimum absolute atomic E-state index is 0.317. The number of carboxylic acids is 1. The van der Waals surface area contributed by atoms with Crippen molar-refractivity contribution in [1.29, 1.82) is 0 Å². The number of ether oxygens (including phenoxy) is 2. The summed E-state index contributed by atoms with van der Waals surface area (Å²) in [6, 6.07) is 0. The first-order valence-corrected chi connectivity index (χ1v) is 7.13. The molecule has 1 saturated heterocycles. The third kappa shape index (κ3) is 0.424. The van der Waals surface area contributed by atoms with Crippen LogP contribution in [0.3, 0.4) is 0 Å². The molecule has 8 atom stereocenters. The molecule has 0 aromatic carbocycles. The van der Waals surface area contributed by atoms with Crippen molar-refractivity contribution < 1.29 is 19.4 Å². The Labute approximate surface area is 106 Å². The average molecular weight is 299 g/mol. The maximum Gasteiger partial charge on any atom is 0.311 e. The molecule has 1 N–H and O–H groups in total. The second-order valence-corrected chi connectivity index (χ2v) is 7.76. The number of rotatable bonds is 1. The fourth-order valence-corrected chi connectivity index (χ4v) is 8.83. The SMILES string of the molecule is O=C(O)C12C3C4C5C3C3(OCCO3)C1(Br)C5C42. The van der Waals surface area contributed by atoms with Gasteiger partial charge in [0.1, 0.15) is 0 Å². The van der Waals surface area contributed by atoms with Crippen LogP contribution in [0.5, 0.6) is 0 Å². The Kier molecular flexibility index (Phi) is 0.998. The summed E-state index contributed by atoms with van der Waals surface area (Å²) in [7, 11) is 0. The number of hydrogen-bond donors (Lipinski definition) is 1. The van der Waals surface area contributed by atoms with E-state index in [4.69, 9.17) is 9.47 Å². The Morgan fingerprint density at radius 2 is 1.71 bits per heavy atom. The van der Waals surface area contributed by atoms with Crippen LogP contribution >= 0.6 is 15.9 Å². The summed E-state index contributed by atoms with van der Waals surface area (Å²) >= 11 is 3.80. The maximum atomic E-state index is 11.8. The van der Waals surface area contributed by atoms with E-state index < -0.39 is 21.5 Å². The highest BCUT2D eigenvalue weighted by molar-refractivity contribution is 9.10. The van der Waals surface area contributed by atoms with Gasteiger partial charge in [0, 0.05) is 5.92 Å². The monoisotopic (exact) mass is 298 g/mol. The van der Waals surface area contributed by atoms with E-state index in [0.29, 0.717) is 48.7 Å². The fraction of sp³-hybridized carbons (Fsp3) is 0.917. The molecule has 6 saturated carbocycles. The van der Waals surface area contributed by atoms with Crippen LogP contribution in [-0.2, 0) is 14.3 Å². The molecule has 4 nitrogen and oxygen atoms in total. The lowest BCUT2D eigenvalue weighted by Gasteiger charge is -2.89. The molecule has 7 rings (SSSR count). The maximum absolute atomic E-state index is 11.8. The molecule has 2 bridgehead atoms. The van der Waals surface area contributed by atoms with Gasteiger partial charge in [0.05, 0.1) is 23.0 Å². The number of alkyl halides is 1. The molecular formula is C12H11BrO4. The van der Waals surface area contributed by atoms with Gasteiger partial charge in [0.2, 0.25) is 0 Å². The fourth-order valence-electron chi connectivity index (χ4n) is 7.05. The highest BCUT2D eigenvalue weighted by Crippen LogP contribution is 3.04. The summed E-state index contributed by atoms with van der Waals surface area (Å²) in [5, 5.41) is 9.71. The van der Waals surface area contributed by atoms with Crippen LogP contribution in [0.4, 0.5) is 0 Å². The molecule has 90 valence electrons. The van der Waals surface area contributed by atoms with Gasteiger partial charge < -0.3 is 14.6 Å². The molecule has 0 radical (unpaired) electrons. The number of carboxylic acid groups (broad SMARTS) is 1. The summed E-state index contributed by atoms with van der Waals surface area (Å²) < 4.78 is 11.5. The Bertz CT molecular complexity index is 515.